The van der Waals surface area contributed by atoms with Crippen LogP contribution in [-0.2, 0) is 25.6 Å². The predicted octanol–water partition coefficient (Wildman–Crippen LogP) is 5.90. The number of halogens is 3. The van der Waals surface area contributed by atoms with Crippen LogP contribution in [0.2, 0.25) is 0 Å². The first-order valence-electron chi connectivity index (χ1n) is 17.5. The van der Waals surface area contributed by atoms with E-state index in [2.05, 4.69) is 10.6 Å². The fourth-order valence-corrected chi connectivity index (χ4v) is 7.24. The van der Waals surface area contributed by atoms with Gasteiger partial charge in [-0.3, -0.25) is 9.59 Å². The zero-order valence-corrected chi connectivity index (χ0v) is 30.2. The number of hydroxylamine groups is 1. The smallest absolute Gasteiger partial charge is 0.450 e. The number of fused-ring (bicyclic) bond motifs is 3. The third kappa shape index (κ3) is 7.66. The summed E-state index contributed by atoms with van der Waals surface area (Å²) in [6.45, 7) is 2.17. The van der Waals surface area contributed by atoms with Gasteiger partial charge in [-0.1, -0.05) is 42.5 Å². The van der Waals surface area contributed by atoms with Crippen molar-refractivity contribution in [3.63, 3.8) is 0 Å². The van der Waals surface area contributed by atoms with E-state index in [0.717, 1.165) is 54.1 Å². The highest BCUT2D eigenvalue weighted by molar-refractivity contribution is 6.58. The predicted molar refractivity (Wildman–Crippen MR) is 197 cm³/mol. The van der Waals surface area contributed by atoms with E-state index in [1.165, 1.54) is 12.1 Å². The summed E-state index contributed by atoms with van der Waals surface area (Å²) in [7, 11) is 0. The SMILES string of the molecule is CC1=CC(C)=[N+]2C1=C(CCCOC(=O)N[C@@H](Cc1cccc3ccccc13)C(=O)NCC(=O)NOC(=O)c1ccc(F)cc1)c1c(C)cc(C)n1[B-]2(F)F. The fourth-order valence-electron chi connectivity index (χ4n) is 7.24. The molecule has 0 spiro atoms. The van der Waals surface area contributed by atoms with Crippen LogP contribution < -0.4 is 16.1 Å². The van der Waals surface area contributed by atoms with Crippen LogP contribution in [0.15, 0.2) is 90.1 Å². The lowest BCUT2D eigenvalue weighted by atomic mass is 9.85. The van der Waals surface area contributed by atoms with Crippen molar-refractivity contribution >= 4 is 52.9 Å². The molecule has 3 heterocycles. The molecule has 2 aliphatic heterocycles. The number of allylic oxidation sites excluding steroid dienone is 3. The lowest BCUT2D eigenvalue weighted by Gasteiger charge is -2.34. The molecule has 1 aromatic heterocycles. The molecule has 4 aromatic rings. The van der Waals surface area contributed by atoms with E-state index < -0.39 is 49.3 Å². The second-order valence-electron chi connectivity index (χ2n) is 13.4. The van der Waals surface area contributed by atoms with Gasteiger partial charge in [0.15, 0.2) is 5.70 Å². The molecule has 54 heavy (non-hydrogen) atoms. The Hall–Kier alpha value is -6.12. The van der Waals surface area contributed by atoms with Gasteiger partial charge in [0.05, 0.1) is 18.7 Å². The Labute approximate surface area is 309 Å². The van der Waals surface area contributed by atoms with Crippen molar-refractivity contribution < 1.29 is 46.3 Å². The molecule has 280 valence electrons. The third-order valence-corrected chi connectivity index (χ3v) is 9.51. The van der Waals surface area contributed by atoms with Gasteiger partial charge in [0.1, 0.15) is 17.6 Å². The average molecular weight is 742 g/mol. The Morgan fingerprint density at radius 2 is 1.67 bits per heavy atom. The maximum Gasteiger partial charge on any atom is 0.737 e. The van der Waals surface area contributed by atoms with Gasteiger partial charge < -0.3 is 37.8 Å². The van der Waals surface area contributed by atoms with Gasteiger partial charge in [0.25, 0.3) is 5.91 Å². The Kier molecular flexibility index (Phi) is 10.8. The standard InChI is InChI=1S/C39H39BF3N5O6/c1-23-19-25(3)47-35(23)32(36-24(2)20-26(4)48(36)40(47,42)43)13-8-18-53-39(52)45-33(21-29-11-7-10-27-9-5-6-12-31(27)29)37(50)44-22-34(49)46-54-38(51)28-14-16-30(41)17-15-28/h5-7,9-12,14-17,19-20,33H,8,13,18,21-22H2,1-4H3,(H,44,50)(H,45,52)(H,46,49)/t33-/m0/s1. The van der Waals surface area contributed by atoms with Gasteiger partial charge in [0.2, 0.25) is 5.91 Å². The number of alkyl carbamates (subject to hydrolysis) is 1. The molecule has 3 aromatic carbocycles. The number of nitrogens with zero attached hydrogens (tertiary/aromatic N) is 2. The highest BCUT2D eigenvalue weighted by atomic mass is 19.2. The topological polar surface area (TPSA) is 131 Å². The summed E-state index contributed by atoms with van der Waals surface area (Å²) in [5.74, 6) is -3.06. The largest absolute Gasteiger partial charge is 0.737 e. The van der Waals surface area contributed by atoms with E-state index in [0.29, 0.717) is 35.6 Å². The summed E-state index contributed by atoms with van der Waals surface area (Å²) in [5.41, 5.74) is 6.73. The number of ether oxygens (including phenoxy) is 1. The number of hydrogen-bond donors (Lipinski definition) is 3. The van der Waals surface area contributed by atoms with Gasteiger partial charge in [-0.2, -0.15) is 5.48 Å². The molecule has 11 nitrogen and oxygen atoms in total. The van der Waals surface area contributed by atoms with Crippen LogP contribution in [0.4, 0.5) is 17.8 Å². The number of aryl methyl sites for hydroxylation is 2. The van der Waals surface area contributed by atoms with Gasteiger partial charge in [-0.25, -0.2) is 14.0 Å². The minimum Gasteiger partial charge on any atom is -0.450 e. The van der Waals surface area contributed by atoms with Crippen molar-refractivity contribution in [3.8, 4) is 0 Å². The molecule has 0 bridgehead atoms. The summed E-state index contributed by atoms with van der Waals surface area (Å²) < 4.78 is 52.7. The van der Waals surface area contributed by atoms with Crippen LogP contribution in [0, 0.1) is 19.7 Å². The molecule has 0 aliphatic carbocycles. The second-order valence-corrected chi connectivity index (χ2v) is 13.4. The van der Waals surface area contributed by atoms with Crippen molar-refractivity contribution in [1.82, 2.24) is 20.6 Å². The van der Waals surface area contributed by atoms with Crippen molar-refractivity contribution in [2.24, 2.45) is 0 Å². The van der Waals surface area contributed by atoms with Gasteiger partial charge in [-0.15, -0.1) is 0 Å². The summed E-state index contributed by atoms with van der Waals surface area (Å²) >= 11 is 0. The Morgan fingerprint density at radius 3 is 2.43 bits per heavy atom. The third-order valence-electron chi connectivity index (χ3n) is 9.51. The molecular weight excluding hydrogens is 702 g/mol. The van der Waals surface area contributed by atoms with E-state index in [4.69, 9.17) is 9.57 Å². The lowest BCUT2D eigenvalue weighted by Crippen LogP contribution is -2.51. The van der Waals surface area contributed by atoms with Crippen LogP contribution in [0.5, 0.6) is 0 Å². The molecule has 0 unspecified atom stereocenters. The number of benzene rings is 3. The molecular formula is C39H39BF3N5O6. The molecule has 15 heteroatoms. The quantitative estimate of drug-likeness (QED) is 0.0998. The Morgan fingerprint density at radius 1 is 0.944 bits per heavy atom. The molecule has 6 rings (SSSR count). The molecule has 0 saturated carbocycles. The van der Waals surface area contributed by atoms with Crippen LogP contribution in [-0.4, -0.2) is 64.7 Å². The fraction of sp³-hybridized carbons (Fsp3) is 0.256. The Bertz CT molecular complexity index is 2260. The lowest BCUT2D eigenvalue weighted by molar-refractivity contribution is -0.363. The maximum atomic E-state index is 15.9. The molecule has 3 amide bonds. The molecule has 0 radical (unpaired) electrons. The molecule has 1 atom stereocenters. The number of aromatic nitrogens is 1. The maximum absolute atomic E-state index is 15.9. The Balaban J connectivity index is 1.11. The van der Waals surface area contributed by atoms with Crippen LogP contribution in [0.25, 0.3) is 16.3 Å². The monoisotopic (exact) mass is 741 g/mol. The zero-order chi connectivity index (χ0) is 38.7. The molecule has 0 saturated heterocycles. The summed E-state index contributed by atoms with van der Waals surface area (Å²) in [6.07, 6.45) is 1.56. The van der Waals surface area contributed by atoms with Gasteiger partial charge in [-0.05, 0) is 91.5 Å². The normalized spacial score (nSPS) is 14.9. The average Bonchev–Trinajstić information content (AvgIpc) is 3.63. The minimum atomic E-state index is -4.10. The van der Waals surface area contributed by atoms with Crippen molar-refractivity contribution in [2.75, 3.05) is 13.2 Å². The summed E-state index contributed by atoms with van der Waals surface area (Å²) in [5, 5.41) is 6.83. The summed E-state index contributed by atoms with van der Waals surface area (Å²) in [4.78, 5) is 55.9. The summed E-state index contributed by atoms with van der Waals surface area (Å²) in [6, 6.07) is 18.2. The van der Waals surface area contributed by atoms with Gasteiger partial charge in [0, 0.05) is 36.3 Å². The number of nitrogens with one attached hydrogen (secondary N) is 3. The first-order chi connectivity index (χ1) is 25.8. The van der Waals surface area contributed by atoms with E-state index >= 15 is 8.63 Å². The molecule has 3 N–H and O–H groups in total. The number of carbonyl (C=O) groups excluding carboxylic acids is 4. The van der Waals surface area contributed by atoms with Crippen molar-refractivity contribution in [3.05, 3.63) is 124 Å². The minimum absolute atomic E-state index is 0.00198. The highest BCUT2D eigenvalue weighted by Crippen LogP contribution is 2.43. The van der Waals surface area contributed by atoms with Crippen molar-refractivity contribution in [1.29, 1.82) is 0 Å². The number of rotatable bonds is 11. The van der Waals surface area contributed by atoms with Gasteiger partial charge >= 0.3 is 19.0 Å². The second kappa shape index (κ2) is 15.5. The number of amides is 3. The number of hydrogen-bond acceptors (Lipinski definition) is 6. The van der Waals surface area contributed by atoms with Crippen LogP contribution in [0.1, 0.15) is 59.6 Å². The van der Waals surface area contributed by atoms with E-state index in [1.807, 2.05) is 47.9 Å². The first kappa shape index (κ1) is 37.6. The first-order valence-corrected chi connectivity index (χ1v) is 17.5. The van der Waals surface area contributed by atoms with E-state index in [1.54, 1.807) is 39.8 Å². The number of carbonyl (C=O) groups is 4. The molecule has 0 fully saturated rings. The van der Waals surface area contributed by atoms with Crippen molar-refractivity contribution in [2.45, 2.75) is 53.0 Å². The van der Waals surface area contributed by atoms with Crippen LogP contribution in [0.3, 0.4) is 0 Å². The molecule has 2 aliphatic rings. The highest BCUT2D eigenvalue weighted by Gasteiger charge is 2.54. The van der Waals surface area contributed by atoms with E-state index in [-0.39, 0.29) is 18.6 Å². The zero-order valence-electron chi connectivity index (χ0n) is 30.2. The van der Waals surface area contributed by atoms with E-state index in [9.17, 15) is 23.6 Å². The van der Waals surface area contributed by atoms with Crippen LogP contribution >= 0.6 is 0 Å².